The fourth-order valence-electron chi connectivity index (χ4n) is 1.83. The second kappa shape index (κ2) is 6.04. The van der Waals surface area contributed by atoms with Crippen LogP contribution in [0.5, 0.6) is 0 Å². The van der Waals surface area contributed by atoms with Crippen LogP contribution >= 0.6 is 0 Å². The molecule has 0 amide bonds. The molecule has 112 valence electrons. The second-order valence-corrected chi connectivity index (χ2v) is 6.08. The van der Waals surface area contributed by atoms with Gasteiger partial charge in [-0.3, -0.25) is 0 Å². The van der Waals surface area contributed by atoms with Crippen LogP contribution in [0.15, 0.2) is 21.6 Å². The minimum absolute atomic E-state index is 0. The minimum Gasteiger partial charge on any atom is -0.542 e. The average Bonchev–Trinajstić information content (AvgIpc) is 2.70. The first-order valence-corrected chi connectivity index (χ1v) is 6.98. The predicted molar refractivity (Wildman–Crippen MR) is 55.9 cm³/mol. The van der Waals surface area contributed by atoms with E-state index in [2.05, 4.69) is 4.42 Å². The summed E-state index contributed by atoms with van der Waals surface area (Å²) >= 11 is 0. The number of alkyl halides is 3. The number of furan rings is 1. The van der Waals surface area contributed by atoms with Crippen molar-refractivity contribution in [1.29, 1.82) is 0 Å². The fourth-order valence-corrected chi connectivity index (χ4v) is 3.03. The van der Waals surface area contributed by atoms with Gasteiger partial charge < -0.3 is 14.3 Å². The number of hydrogen-bond acceptors (Lipinski definition) is 5. The van der Waals surface area contributed by atoms with Gasteiger partial charge in [-0.1, -0.05) is 0 Å². The number of carboxylic acid groups (broad SMARTS) is 1. The summed E-state index contributed by atoms with van der Waals surface area (Å²) in [5.74, 6) is -3.88. The van der Waals surface area contributed by atoms with Crippen molar-refractivity contribution >= 4 is 16.0 Å². The average molecular weight is 319 g/mol. The van der Waals surface area contributed by atoms with Crippen molar-refractivity contribution in [3.63, 3.8) is 0 Å². The van der Waals surface area contributed by atoms with E-state index >= 15 is 0 Å². The van der Waals surface area contributed by atoms with Gasteiger partial charge in [0.15, 0.2) is 5.76 Å². The van der Waals surface area contributed by atoms with Crippen molar-refractivity contribution < 1.29 is 54.8 Å². The molecule has 11 heteroatoms. The van der Waals surface area contributed by atoms with Crippen molar-refractivity contribution in [3.05, 3.63) is 17.9 Å². The molecule has 1 aromatic heterocycles. The van der Waals surface area contributed by atoms with Crippen LogP contribution in [0.2, 0.25) is 0 Å². The Kier molecular flexibility index (Phi) is 5.21. The number of nitrogens with one attached hydrogen (secondary N) is 1. The van der Waals surface area contributed by atoms with Gasteiger partial charge in [0.25, 0.3) is 10.0 Å². The van der Waals surface area contributed by atoms with Gasteiger partial charge in [-0.05, 0) is 25.0 Å². The van der Waals surface area contributed by atoms with Gasteiger partial charge in [-0.25, -0.2) is 13.1 Å². The Morgan fingerprint density at radius 1 is 1.33 bits per heavy atom. The minimum atomic E-state index is -4.34. The Morgan fingerprint density at radius 2 is 1.90 bits per heavy atom. The molecule has 1 N–H and O–H groups in total. The largest absolute Gasteiger partial charge is 1.00 e. The predicted octanol–water partition coefficient (Wildman–Crippen LogP) is -2.73. The molecule has 6 nitrogen and oxygen atoms in total. The Bertz CT molecular complexity index is 621. The number of hydrogen-bond donors (Lipinski definition) is 1. The molecule has 1 heterocycles. The summed E-state index contributed by atoms with van der Waals surface area (Å²) in [4.78, 5) is 10.4. The molecule has 1 aromatic rings. The SMILES string of the molecule is O=C([O-])c1ccc(S(=O)(=O)NC2CC(C(F)(F)F)C2)o1.[Li+]. The molecule has 1 aliphatic rings. The monoisotopic (exact) mass is 319 g/mol. The summed E-state index contributed by atoms with van der Waals surface area (Å²) in [6.45, 7) is 0. The first-order valence-electron chi connectivity index (χ1n) is 5.50. The Labute approximate surface area is 129 Å². The number of aromatic carboxylic acids is 1. The molecule has 0 aliphatic heterocycles. The summed E-state index contributed by atoms with van der Waals surface area (Å²) < 4.78 is 66.8. The van der Waals surface area contributed by atoms with E-state index in [9.17, 15) is 31.5 Å². The smallest absolute Gasteiger partial charge is 0.542 e. The quantitative estimate of drug-likeness (QED) is 0.607. The van der Waals surface area contributed by atoms with Gasteiger partial charge in [-0.15, -0.1) is 0 Å². The van der Waals surface area contributed by atoms with E-state index in [0.717, 1.165) is 12.1 Å². The maximum atomic E-state index is 12.3. The van der Waals surface area contributed by atoms with Crippen LogP contribution in [-0.4, -0.2) is 26.6 Å². The van der Waals surface area contributed by atoms with Gasteiger partial charge in [-0.2, -0.15) is 13.2 Å². The van der Waals surface area contributed by atoms with Crippen LogP contribution in [0, 0.1) is 5.92 Å². The summed E-state index contributed by atoms with van der Waals surface area (Å²) in [5.41, 5.74) is 0. The second-order valence-electron chi connectivity index (χ2n) is 4.43. The molecule has 0 unspecified atom stereocenters. The van der Waals surface area contributed by atoms with Gasteiger partial charge in [0.05, 0.1) is 5.92 Å². The number of rotatable bonds is 4. The van der Waals surface area contributed by atoms with Crippen molar-refractivity contribution in [2.24, 2.45) is 5.92 Å². The van der Waals surface area contributed by atoms with Crippen molar-refractivity contribution in [1.82, 2.24) is 4.72 Å². The molecule has 1 aliphatic carbocycles. The van der Waals surface area contributed by atoms with Crippen LogP contribution in [0.3, 0.4) is 0 Å². The third kappa shape index (κ3) is 4.03. The van der Waals surface area contributed by atoms with Crippen LogP contribution in [0.25, 0.3) is 0 Å². The van der Waals surface area contributed by atoms with Crippen molar-refractivity contribution in [2.45, 2.75) is 30.2 Å². The van der Waals surface area contributed by atoms with Gasteiger partial charge in [0.2, 0.25) is 5.09 Å². The van der Waals surface area contributed by atoms with Crippen molar-refractivity contribution in [2.75, 3.05) is 0 Å². The fraction of sp³-hybridized carbons (Fsp3) is 0.500. The Balaban J connectivity index is 0.00000220. The van der Waals surface area contributed by atoms with Crippen molar-refractivity contribution in [3.8, 4) is 0 Å². The van der Waals surface area contributed by atoms with E-state index in [4.69, 9.17) is 0 Å². The topological polar surface area (TPSA) is 99.4 Å². The van der Waals surface area contributed by atoms with Gasteiger partial charge >= 0.3 is 25.0 Å². The zero-order valence-corrected chi connectivity index (χ0v) is 11.6. The van der Waals surface area contributed by atoms with Crippen LogP contribution in [-0.2, 0) is 10.0 Å². The zero-order chi connectivity index (χ0) is 15.1. The van der Waals surface area contributed by atoms with E-state index in [-0.39, 0.29) is 31.7 Å². The third-order valence-corrected chi connectivity index (χ3v) is 4.36. The molecule has 0 atom stereocenters. The summed E-state index contributed by atoms with van der Waals surface area (Å²) in [5, 5.41) is 9.77. The molecule has 1 saturated carbocycles. The van der Waals surface area contributed by atoms with Crippen LogP contribution in [0.1, 0.15) is 23.4 Å². The van der Waals surface area contributed by atoms with E-state index in [1.165, 1.54) is 0 Å². The summed E-state index contributed by atoms with van der Waals surface area (Å²) in [6.07, 6.45) is -5.04. The van der Waals surface area contributed by atoms with E-state index < -0.39 is 45.0 Å². The molecule has 2 rings (SSSR count). The van der Waals surface area contributed by atoms with E-state index in [0.29, 0.717) is 0 Å². The maximum Gasteiger partial charge on any atom is 1.00 e. The van der Waals surface area contributed by atoms with Crippen LogP contribution in [0.4, 0.5) is 13.2 Å². The van der Waals surface area contributed by atoms with E-state index in [1.807, 2.05) is 4.72 Å². The Morgan fingerprint density at radius 3 is 2.33 bits per heavy atom. The molecule has 0 bridgehead atoms. The van der Waals surface area contributed by atoms with Gasteiger partial charge in [0, 0.05) is 6.04 Å². The number of carboxylic acids is 1. The standard InChI is InChI=1S/C10H10F3NO5S.Li/c11-10(12,13)5-3-6(4-5)14-20(17,18)8-2-1-7(19-8)9(15)16;/h1-2,5-6,14H,3-4H2,(H,15,16);/q;+1/p-1. The Hall–Kier alpha value is -0.953. The number of sulfonamides is 1. The first kappa shape index (κ1) is 18.1. The summed E-state index contributed by atoms with van der Waals surface area (Å²) in [7, 11) is -4.18. The molecular weight excluding hydrogens is 310 g/mol. The molecular formula is C10H9F3LiNO5S. The maximum absolute atomic E-state index is 12.3. The summed E-state index contributed by atoms with van der Waals surface area (Å²) in [6, 6.07) is 0.944. The van der Waals surface area contributed by atoms with Gasteiger partial charge in [0.1, 0.15) is 5.97 Å². The van der Waals surface area contributed by atoms with Crippen LogP contribution < -0.4 is 28.7 Å². The number of halogens is 3. The third-order valence-electron chi connectivity index (χ3n) is 2.97. The zero-order valence-electron chi connectivity index (χ0n) is 10.8. The number of carbonyl (C=O) groups is 1. The molecule has 21 heavy (non-hydrogen) atoms. The molecule has 0 saturated heterocycles. The molecule has 0 radical (unpaired) electrons. The normalized spacial score (nSPS) is 22.2. The molecule has 0 spiro atoms. The van der Waals surface area contributed by atoms with E-state index in [1.54, 1.807) is 0 Å². The molecule has 1 fully saturated rings. The first-order chi connectivity index (χ1) is 9.09. The molecule has 0 aromatic carbocycles. The number of carbonyl (C=O) groups excluding carboxylic acids is 1.